The molecule has 1 aliphatic rings. The minimum atomic E-state index is 0.246. The van der Waals surface area contributed by atoms with E-state index in [0.29, 0.717) is 18.7 Å². The van der Waals surface area contributed by atoms with E-state index in [-0.39, 0.29) is 11.0 Å². The number of rotatable bonds is 5. The summed E-state index contributed by atoms with van der Waals surface area (Å²) in [6.45, 7) is 9.35. The molecule has 0 aliphatic heterocycles. The maximum absolute atomic E-state index is 11.4. The Morgan fingerprint density at radius 2 is 1.93 bits per heavy atom. The third-order valence-corrected chi connectivity index (χ3v) is 3.34. The highest BCUT2D eigenvalue weighted by Crippen LogP contribution is 2.49. The third kappa shape index (κ3) is 2.57. The summed E-state index contributed by atoms with van der Waals surface area (Å²) < 4.78 is 0. The van der Waals surface area contributed by atoms with Crippen LogP contribution in [0.2, 0.25) is 0 Å². The monoisotopic (exact) mass is 197 g/mol. The van der Waals surface area contributed by atoms with E-state index in [0.717, 1.165) is 6.42 Å². The quantitative estimate of drug-likeness (QED) is 0.733. The van der Waals surface area contributed by atoms with Crippen LogP contribution in [0.15, 0.2) is 0 Å². The summed E-state index contributed by atoms with van der Waals surface area (Å²) in [6, 6.07) is 0. The maximum atomic E-state index is 11.4. The molecule has 1 N–H and O–H groups in total. The molecule has 14 heavy (non-hydrogen) atoms. The zero-order chi connectivity index (χ0) is 10.8. The Kier molecular flexibility index (Phi) is 3.36. The van der Waals surface area contributed by atoms with Crippen LogP contribution in [-0.2, 0) is 4.79 Å². The molecule has 0 amide bonds. The largest absolute Gasteiger partial charge is 0.304 e. The van der Waals surface area contributed by atoms with Crippen LogP contribution < -0.4 is 5.32 Å². The van der Waals surface area contributed by atoms with Gasteiger partial charge < -0.3 is 5.32 Å². The van der Waals surface area contributed by atoms with Gasteiger partial charge in [0.15, 0.2) is 0 Å². The predicted molar refractivity (Wildman–Crippen MR) is 59.3 cm³/mol. The highest BCUT2D eigenvalue weighted by molar-refractivity contribution is 5.80. The van der Waals surface area contributed by atoms with Crippen molar-refractivity contribution in [1.29, 1.82) is 0 Å². The minimum absolute atomic E-state index is 0.246. The van der Waals surface area contributed by atoms with Crippen LogP contribution in [0.25, 0.3) is 0 Å². The second kappa shape index (κ2) is 4.01. The SMILES string of the molecule is CCCC(=O)CNC1(C(C)(C)C)CC1. The second-order valence-electron chi connectivity index (χ2n) is 5.47. The molecule has 0 spiro atoms. The molecule has 1 fully saturated rings. The topological polar surface area (TPSA) is 29.1 Å². The van der Waals surface area contributed by atoms with Gasteiger partial charge in [0, 0.05) is 12.0 Å². The summed E-state index contributed by atoms with van der Waals surface area (Å²) in [5, 5.41) is 3.45. The van der Waals surface area contributed by atoms with E-state index in [1.807, 2.05) is 0 Å². The van der Waals surface area contributed by atoms with Gasteiger partial charge in [-0.3, -0.25) is 4.79 Å². The first-order chi connectivity index (χ1) is 6.41. The highest BCUT2D eigenvalue weighted by atomic mass is 16.1. The van der Waals surface area contributed by atoms with E-state index in [4.69, 9.17) is 0 Å². The number of hydrogen-bond acceptors (Lipinski definition) is 2. The van der Waals surface area contributed by atoms with E-state index in [1.54, 1.807) is 0 Å². The van der Waals surface area contributed by atoms with Crippen LogP contribution in [0, 0.1) is 5.41 Å². The number of ketones is 1. The Labute approximate surface area is 87.5 Å². The highest BCUT2D eigenvalue weighted by Gasteiger charge is 2.51. The van der Waals surface area contributed by atoms with Gasteiger partial charge in [-0.2, -0.15) is 0 Å². The Morgan fingerprint density at radius 3 is 2.29 bits per heavy atom. The molecule has 0 radical (unpaired) electrons. The number of Topliss-reactive ketones (excluding diaryl/α,β-unsaturated/α-hetero) is 1. The zero-order valence-corrected chi connectivity index (χ0v) is 9.94. The van der Waals surface area contributed by atoms with E-state index >= 15 is 0 Å². The number of carbonyl (C=O) groups excluding carboxylic acids is 1. The Morgan fingerprint density at radius 1 is 1.36 bits per heavy atom. The lowest BCUT2D eigenvalue weighted by Gasteiger charge is -2.31. The summed E-state index contributed by atoms with van der Waals surface area (Å²) in [5.41, 5.74) is 0.524. The smallest absolute Gasteiger partial charge is 0.146 e. The summed E-state index contributed by atoms with van der Waals surface area (Å²) >= 11 is 0. The van der Waals surface area contributed by atoms with Crippen molar-refractivity contribution in [3.05, 3.63) is 0 Å². The van der Waals surface area contributed by atoms with Crippen LogP contribution >= 0.6 is 0 Å². The van der Waals surface area contributed by atoms with Gasteiger partial charge >= 0.3 is 0 Å². The van der Waals surface area contributed by atoms with Crippen molar-refractivity contribution < 1.29 is 4.79 Å². The Hall–Kier alpha value is -0.370. The lowest BCUT2D eigenvalue weighted by Crippen LogP contribution is -2.45. The molecule has 82 valence electrons. The van der Waals surface area contributed by atoms with Gasteiger partial charge in [0.1, 0.15) is 5.78 Å². The lowest BCUT2D eigenvalue weighted by atomic mass is 9.84. The van der Waals surface area contributed by atoms with Crippen molar-refractivity contribution in [2.75, 3.05) is 6.54 Å². The minimum Gasteiger partial charge on any atom is -0.304 e. The van der Waals surface area contributed by atoms with Crippen LogP contribution in [0.1, 0.15) is 53.4 Å². The average molecular weight is 197 g/mol. The van der Waals surface area contributed by atoms with Gasteiger partial charge in [-0.25, -0.2) is 0 Å². The number of hydrogen-bond donors (Lipinski definition) is 1. The van der Waals surface area contributed by atoms with Crippen molar-refractivity contribution in [2.24, 2.45) is 5.41 Å². The van der Waals surface area contributed by atoms with Crippen LogP contribution in [-0.4, -0.2) is 17.9 Å². The molecule has 0 aromatic heterocycles. The molecule has 1 rings (SSSR count). The molecule has 1 saturated carbocycles. The lowest BCUT2D eigenvalue weighted by molar-refractivity contribution is -0.118. The summed E-state index contributed by atoms with van der Waals surface area (Å²) in [5.74, 6) is 0.350. The fourth-order valence-corrected chi connectivity index (χ4v) is 1.95. The number of nitrogens with one attached hydrogen (secondary N) is 1. The average Bonchev–Trinajstić information content (AvgIpc) is 2.80. The third-order valence-electron chi connectivity index (χ3n) is 3.34. The van der Waals surface area contributed by atoms with E-state index < -0.39 is 0 Å². The summed E-state index contributed by atoms with van der Waals surface area (Å²) in [4.78, 5) is 11.4. The van der Waals surface area contributed by atoms with Crippen LogP contribution in [0.3, 0.4) is 0 Å². The van der Waals surface area contributed by atoms with Gasteiger partial charge in [0.05, 0.1) is 6.54 Å². The van der Waals surface area contributed by atoms with Gasteiger partial charge in [0.25, 0.3) is 0 Å². The fraction of sp³-hybridized carbons (Fsp3) is 0.917. The zero-order valence-electron chi connectivity index (χ0n) is 9.94. The summed E-state index contributed by atoms with van der Waals surface area (Å²) in [7, 11) is 0. The molecular formula is C12H23NO. The van der Waals surface area contributed by atoms with Crippen molar-refractivity contribution in [3.63, 3.8) is 0 Å². The molecule has 0 aromatic rings. The van der Waals surface area contributed by atoms with Crippen molar-refractivity contribution in [3.8, 4) is 0 Å². The van der Waals surface area contributed by atoms with Gasteiger partial charge in [0.2, 0.25) is 0 Å². The van der Waals surface area contributed by atoms with E-state index in [1.165, 1.54) is 12.8 Å². The first-order valence-electron chi connectivity index (χ1n) is 5.68. The van der Waals surface area contributed by atoms with E-state index in [2.05, 4.69) is 33.0 Å². The molecule has 0 heterocycles. The van der Waals surface area contributed by atoms with Crippen LogP contribution in [0.4, 0.5) is 0 Å². The molecule has 2 nitrogen and oxygen atoms in total. The number of carbonyl (C=O) groups is 1. The molecule has 0 saturated heterocycles. The van der Waals surface area contributed by atoms with Crippen LogP contribution in [0.5, 0.6) is 0 Å². The first kappa shape index (κ1) is 11.7. The van der Waals surface area contributed by atoms with Gasteiger partial charge in [-0.15, -0.1) is 0 Å². The maximum Gasteiger partial charge on any atom is 0.146 e. The van der Waals surface area contributed by atoms with Gasteiger partial charge in [-0.05, 0) is 24.7 Å². The predicted octanol–water partition coefficient (Wildman–Crippen LogP) is 2.52. The molecule has 0 bridgehead atoms. The molecular weight excluding hydrogens is 174 g/mol. The molecule has 0 unspecified atom stereocenters. The van der Waals surface area contributed by atoms with Gasteiger partial charge in [-0.1, -0.05) is 27.7 Å². The van der Waals surface area contributed by atoms with Crippen molar-refractivity contribution in [2.45, 2.75) is 58.9 Å². The Balaban J connectivity index is 2.35. The second-order valence-corrected chi connectivity index (χ2v) is 5.47. The summed E-state index contributed by atoms with van der Waals surface area (Å²) in [6.07, 6.45) is 4.11. The van der Waals surface area contributed by atoms with Crippen molar-refractivity contribution in [1.82, 2.24) is 5.32 Å². The van der Waals surface area contributed by atoms with Crippen molar-refractivity contribution >= 4 is 5.78 Å². The standard InChI is InChI=1S/C12H23NO/c1-5-6-10(14)9-13-12(7-8-12)11(2,3)4/h13H,5-9H2,1-4H3. The normalized spacial score (nSPS) is 19.4. The first-order valence-corrected chi connectivity index (χ1v) is 5.68. The molecule has 1 aliphatic carbocycles. The fourth-order valence-electron chi connectivity index (χ4n) is 1.95. The molecule has 2 heteroatoms. The molecule has 0 atom stereocenters. The molecule has 0 aromatic carbocycles. The van der Waals surface area contributed by atoms with E-state index in [9.17, 15) is 4.79 Å². The Bertz CT molecular complexity index is 211.